The fourth-order valence-corrected chi connectivity index (χ4v) is 3.29. The molecule has 7 heteroatoms. The highest BCUT2D eigenvalue weighted by Gasteiger charge is 2.02. The molecule has 0 spiro atoms. The van der Waals surface area contributed by atoms with E-state index in [1.807, 2.05) is 24.8 Å². The standard InChI is InChI=1S/C20H22N4.3H2O/c1(7-13-23-15-21-17-9-3-5-11-19(17)23)2-8-14-24-16-22-18-10-4-6-12-20(18)24;;;/h3-6,9-12,15-16H,1-2,7-8,13-14H2;3*1H2. The third-order valence-electron chi connectivity index (χ3n) is 4.60. The normalized spacial score (nSPS) is 10.2. The van der Waals surface area contributed by atoms with Crippen molar-refractivity contribution in [2.24, 2.45) is 0 Å². The first-order valence-corrected chi connectivity index (χ1v) is 8.71. The summed E-state index contributed by atoms with van der Waals surface area (Å²) >= 11 is 0. The maximum atomic E-state index is 4.45. The van der Waals surface area contributed by atoms with Gasteiger partial charge in [-0.15, -0.1) is 0 Å². The molecule has 0 aliphatic carbocycles. The van der Waals surface area contributed by atoms with Crippen molar-refractivity contribution in [1.82, 2.24) is 19.1 Å². The molecule has 0 atom stereocenters. The van der Waals surface area contributed by atoms with E-state index >= 15 is 0 Å². The summed E-state index contributed by atoms with van der Waals surface area (Å²) in [6, 6.07) is 16.7. The Morgan fingerprint density at radius 2 is 0.963 bits per heavy atom. The summed E-state index contributed by atoms with van der Waals surface area (Å²) in [5.41, 5.74) is 4.65. The Morgan fingerprint density at radius 3 is 1.41 bits per heavy atom. The molecule has 0 radical (unpaired) electrons. The number of aromatic nitrogens is 4. The Bertz CT molecular complexity index is 870. The van der Waals surface area contributed by atoms with Crippen LogP contribution in [0.5, 0.6) is 0 Å². The predicted octanol–water partition coefficient (Wildman–Crippen LogP) is 2.17. The van der Waals surface area contributed by atoms with Gasteiger partial charge in [0.25, 0.3) is 0 Å². The fraction of sp³-hybridized carbons (Fsp3) is 0.300. The molecule has 0 saturated carbocycles. The van der Waals surface area contributed by atoms with Gasteiger partial charge >= 0.3 is 0 Å². The maximum Gasteiger partial charge on any atom is 0.0958 e. The third kappa shape index (κ3) is 4.91. The highest BCUT2D eigenvalue weighted by Crippen LogP contribution is 2.15. The van der Waals surface area contributed by atoms with Crippen LogP contribution in [0.25, 0.3) is 22.1 Å². The SMILES string of the molecule is O.O.O.c1ccc2c(c1)ncn2CCCCCCn1cnc2ccccc21. The van der Waals surface area contributed by atoms with Crippen molar-refractivity contribution < 1.29 is 16.4 Å². The second-order valence-electron chi connectivity index (χ2n) is 6.27. The van der Waals surface area contributed by atoms with Crippen LogP contribution in [0.3, 0.4) is 0 Å². The molecule has 0 aliphatic heterocycles. The molecule has 2 aromatic carbocycles. The zero-order valence-corrected chi connectivity index (χ0v) is 15.3. The van der Waals surface area contributed by atoms with Crippen molar-refractivity contribution in [2.45, 2.75) is 38.8 Å². The van der Waals surface area contributed by atoms with E-state index in [9.17, 15) is 0 Å². The maximum absolute atomic E-state index is 4.45. The van der Waals surface area contributed by atoms with Gasteiger partial charge in [0.15, 0.2) is 0 Å². The number of para-hydroxylation sites is 4. The first-order chi connectivity index (χ1) is 11.9. The molecule has 0 amide bonds. The molecule has 7 nitrogen and oxygen atoms in total. The lowest BCUT2D eigenvalue weighted by molar-refractivity contribution is 0.548. The number of hydrogen-bond donors (Lipinski definition) is 0. The van der Waals surface area contributed by atoms with Crippen LogP contribution < -0.4 is 0 Å². The van der Waals surface area contributed by atoms with Crippen LogP contribution in [0.2, 0.25) is 0 Å². The minimum absolute atomic E-state index is 0. The Hall–Kier alpha value is -2.74. The van der Waals surface area contributed by atoms with Crippen LogP contribution in [0, 0.1) is 0 Å². The van der Waals surface area contributed by atoms with Crippen LogP contribution in [0.15, 0.2) is 61.2 Å². The molecule has 0 aliphatic rings. The Kier molecular flexibility index (Phi) is 8.61. The Labute approximate surface area is 158 Å². The molecule has 146 valence electrons. The number of unbranched alkanes of at least 4 members (excludes halogenated alkanes) is 3. The van der Waals surface area contributed by atoms with E-state index in [-0.39, 0.29) is 16.4 Å². The predicted molar refractivity (Wildman–Crippen MR) is 109 cm³/mol. The van der Waals surface area contributed by atoms with Crippen LogP contribution in [0.4, 0.5) is 0 Å². The first-order valence-electron chi connectivity index (χ1n) is 8.71. The minimum Gasteiger partial charge on any atom is -0.412 e. The van der Waals surface area contributed by atoms with E-state index in [2.05, 4.69) is 55.5 Å². The summed E-state index contributed by atoms with van der Waals surface area (Å²) in [6.45, 7) is 2.10. The summed E-state index contributed by atoms with van der Waals surface area (Å²) < 4.78 is 4.53. The van der Waals surface area contributed by atoms with E-state index in [1.165, 1.54) is 36.7 Å². The number of nitrogens with zero attached hydrogens (tertiary/aromatic N) is 4. The minimum atomic E-state index is 0. The molecule has 0 saturated heterocycles. The van der Waals surface area contributed by atoms with Crippen molar-refractivity contribution in [3.8, 4) is 0 Å². The molecule has 6 N–H and O–H groups in total. The van der Waals surface area contributed by atoms with Gasteiger partial charge in [0.2, 0.25) is 0 Å². The van der Waals surface area contributed by atoms with E-state index in [4.69, 9.17) is 0 Å². The molecule has 0 bridgehead atoms. The van der Waals surface area contributed by atoms with Gasteiger partial charge < -0.3 is 25.6 Å². The second-order valence-corrected chi connectivity index (χ2v) is 6.27. The molecule has 2 aromatic heterocycles. The largest absolute Gasteiger partial charge is 0.412 e. The van der Waals surface area contributed by atoms with Gasteiger partial charge in [-0.25, -0.2) is 9.97 Å². The quantitative estimate of drug-likeness (QED) is 0.460. The van der Waals surface area contributed by atoms with Gasteiger partial charge in [0.05, 0.1) is 34.7 Å². The number of hydrogen-bond acceptors (Lipinski definition) is 2. The molecule has 0 fully saturated rings. The highest BCUT2D eigenvalue weighted by molar-refractivity contribution is 5.75. The van der Waals surface area contributed by atoms with E-state index in [1.54, 1.807) is 0 Å². The average molecular weight is 372 g/mol. The van der Waals surface area contributed by atoms with Gasteiger partial charge in [-0.3, -0.25) is 0 Å². The zero-order chi connectivity index (χ0) is 16.2. The molecule has 4 rings (SSSR count). The lowest BCUT2D eigenvalue weighted by Gasteiger charge is -2.06. The number of fused-ring (bicyclic) bond motifs is 2. The van der Waals surface area contributed by atoms with Gasteiger partial charge in [-0.2, -0.15) is 0 Å². The summed E-state index contributed by atoms with van der Waals surface area (Å²) in [5.74, 6) is 0. The van der Waals surface area contributed by atoms with E-state index in [0.29, 0.717) is 0 Å². The highest BCUT2D eigenvalue weighted by atomic mass is 16.0. The average Bonchev–Trinajstić information content (AvgIpc) is 3.22. The summed E-state index contributed by atoms with van der Waals surface area (Å²) in [7, 11) is 0. The molecule has 27 heavy (non-hydrogen) atoms. The first kappa shape index (κ1) is 22.3. The van der Waals surface area contributed by atoms with Crippen LogP contribution in [-0.4, -0.2) is 35.5 Å². The van der Waals surface area contributed by atoms with Crippen molar-refractivity contribution >= 4 is 22.1 Å². The van der Waals surface area contributed by atoms with Gasteiger partial charge in [-0.05, 0) is 37.1 Å². The third-order valence-corrected chi connectivity index (χ3v) is 4.60. The van der Waals surface area contributed by atoms with Crippen molar-refractivity contribution in [3.05, 3.63) is 61.2 Å². The molecule has 0 unspecified atom stereocenters. The number of rotatable bonds is 7. The monoisotopic (exact) mass is 372 g/mol. The number of imidazole rings is 2. The Morgan fingerprint density at radius 1 is 0.556 bits per heavy atom. The Balaban J connectivity index is 0.00000121. The van der Waals surface area contributed by atoms with Crippen LogP contribution in [0.1, 0.15) is 25.7 Å². The molecule has 4 aromatic rings. The lowest BCUT2D eigenvalue weighted by atomic mass is 10.2. The molecular weight excluding hydrogens is 344 g/mol. The second kappa shape index (κ2) is 10.4. The van der Waals surface area contributed by atoms with Crippen LogP contribution >= 0.6 is 0 Å². The topological polar surface area (TPSA) is 130 Å². The van der Waals surface area contributed by atoms with Gasteiger partial charge in [-0.1, -0.05) is 37.1 Å². The van der Waals surface area contributed by atoms with Gasteiger partial charge in [0.1, 0.15) is 0 Å². The van der Waals surface area contributed by atoms with Crippen LogP contribution in [-0.2, 0) is 13.1 Å². The zero-order valence-electron chi connectivity index (χ0n) is 15.3. The van der Waals surface area contributed by atoms with Gasteiger partial charge in [0, 0.05) is 13.1 Å². The van der Waals surface area contributed by atoms with E-state index < -0.39 is 0 Å². The molecular formula is C20H28N4O3. The number of benzene rings is 2. The smallest absolute Gasteiger partial charge is 0.0958 e. The number of aryl methyl sites for hydroxylation is 2. The summed E-state index contributed by atoms with van der Waals surface area (Å²) in [6.07, 6.45) is 8.82. The van der Waals surface area contributed by atoms with Crippen molar-refractivity contribution in [3.63, 3.8) is 0 Å². The van der Waals surface area contributed by atoms with E-state index in [0.717, 1.165) is 24.1 Å². The summed E-state index contributed by atoms with van der Waals surface area (Å²) in [5, 5.41) is 0. The van der Waals surface area contributed by atoms with Crippen molar-refractivity contribution in [2.75, 3.05) is 0 Å². The fourth-order valence-electron chi connectivity index (χ4n) is 3.29. The lowest BCUT2D eigenvalue weighted by Crippen LogP contribution is -1.98. The molecule has 2 heterocycles. The summed E-state index contributed by atoms with van der Waals surface area (Å²) in [4.78, 5) is 8.90. The van der Waals surface area contributed by atoms with Crippen molar-refractivity contribution in [1.29, 1.82) is 0 Å².